The number of hydrogen-bond donors (Lipinski definition) is 0. The van der Waals surface area contributed by atoms with Gasteiger partial charge < -0.3 is 17.7 Å². The fourth-order valence-corrected chi connectivity index (χ4v) is 15.3. The quantitative estimate of drug-likeness (QED) is 0.0878. The zero-order valence-corrected chi connectivity index (χ0v) is 70.8. The molecule has 0 saturated heterocycles. The van der Waals surface area contributed by atoms with Gasteiger partial charge in [-0.2, -0.15) is 0 Å². The molecule has 0 aliphatic carbocycles. The predicted octanol–water partition coefficient (Wildman–Crippen LogP) is 24.5. The summed E-state index contributed by atoms with van der Waals surface area (Å²) in [5.41, 5.74) is 26.0. The highest BCUT2D eigenvalue weighted by atomic mass is 16.4. The molecule has 12 heteroatoms. The zero-order chi connectivity index (χ0) is 95.8. The minimum absolute atomic E-state index is 0.110. The van der Waals surface area contributed by atoms with Crippen LogP contribution >= 0.6 is 0 Å². The van der Waals surface area contributed by atoms with Gasteiger partial charge >= 0.3 is 0 Å². The summed E-state index contributed by atoms with van der Waals surface area (Å²) in [5, 5.41) is 7.91. The summed E-state index contributed by atoms with van der Waals surface area (Å²) in [6, 6.07) is 40.8. The van der Waals surface area contributed by atoms with Crippen LogP contribution in [0.4, 0.5) is 0 Å². The first kappa shape index (κ1) is 62.7. The van der Waals surface area contributed by atoms with Crippen LogP contribution in [0.25, 0.3) is 133 Å². The standard InChI is InChI=1S/2C26H31N2O.2C25H29N2O/c2*1-15(2)12-19-14-28(7)23(13-18(19)6)24-17(5)8-9-20-21-10-11-22(16(3)4)27-26(21)29-25(20)24;2*1-7-19-9-11-21-20-10-8-16(4)23(24(20)28-25(21)26-19)22-13-17(5)18(12-15(2)3)14-27(22)6/h2*8-11,13-16H,12H2,1-7H3;2*8-11,13-15H,7,12H2,1-6H3/q4*+1/i1D3,12D2,15D;12D2;2D3,12D2,15D;12D2. The molecule has 12 aromatic heterocycles. The zero-order valence-electron chi connectivity index (χ0n) is 86.8. The topological polar surface area (TPSA) is 120 Å². The molecule has 0 radical (unpaired) electrons. The third kappa shape index (κ3) is 16.4. The van der Waals surface area contributed by atoms with Crippen molar-refractivity contribution in [1.82, 2.24) is 19.9 Å². The number of fused-ring (bicyclic) bond motifs is 12. The molecule has 0 aliphatic heterocycles. The van der Waals surface area contributed by atoms with Crippen molar-refractivity contribution < 1.29 is 57.9 Å². The fourth-order valence-electron chi connectivity index (χ4n) is 15.3. The smallest absolute Gasteiger partial charge is 0.227 e. The molecule has 0 amide bonds. The van der Waals surface area contributed by atoms with Gasteiger partial charge in [-0.25, -0.2) is 38.2 Å². The fraction of sp³-hybridized carbons (Fsp3) is 0.373. The average Bonchev–Trinajstić information content (AvgIpc) is 1.50. The van der Waals surface area contributed by atoms with Crippen LogP contribution in [0.1, 0.15) is 220 Å². The largest absolute Gasteiger partial charge is 0.437 e. The summed E-state index contributed by atoms with van der Waals surface area (Å²) in [6.07, 6.45) is 1.14. The van der Waals surface area contributed by atoms with E-state index in [0.717, 1.165) is 193 Å². The summed E-state index contributed by atoms with van der Waals surface area (Å²) < 4.78 is 165. The normalized spacial score (nSPS) is 15.8. The molecule has 0 saturated carbocycles. The first-order chi connectivity index (χ1) is 60.4. The molecule has 0 bridgehead atoms. The summed E-state index contributed by atoms with van der Waals surface area (Å²) in [6.45, 7) is 32.6. The molecule has 16 aromatic rings. The molecule has 588 valence electrons. The van der Waals surface area contributed by atoms with Crippen LogP contribution in [-0.2, 0) is 66.5 Å². The van der Waals surface area contributed by atoms with E-state index in [1.165, 1.54) is 0 Å². The van der Waals surface area contributed by atoms with Crippen molar-refractivity contribution in [3.8, 4) is 45.0 Å². The minimum Gasteiger partial charge on any atom is -0.437 e. The Balaban J connectivity index is 0.000000148. The van der Waals surface area contributed by atoms with Crippen molar-refractivity contribution in [3.05, 3.63) is 236 Å². The number of aryl methyl sites for hydroxylation is 14. The van der Waals surface area contributed by atoms with E-state index in [4.69, 9.17) is 49.6 Å². The molecular weight excluding hydrogens is 1400 g/mol. The van der Waals surface area contributed by atoms with E-state index < -0.39 is 51.0 Å². The van der Waals surface area contributed by atoms with E-state index in [-0.39, 0.29) is 28.9 Å². The highest BCUT2D eigenvalue weighted by molar-refractivity contribution is 6.12. The van der Waals surface area contributed by atoms with Gasteiger partial charge in [0, 0.05) is 134 Å². The summed E-state index contributed by atoms with van der Waals surface area (Å²) in [7, 11) is 7.54. The van der Waals surface area contributed by atoms with Gasteiger partial charge in [-0.1, -0.05) is 145 Å². The molecule has 16 rings (SSSR count). The first-order valence-electron chi connectivity index (χ1n) is 47.8. The van der Waals surface area contributed by atoms with Gasteiger partial charge in [0.1, 0.15) is 28.2 Å². The lowest BCUT2D eigenvalue weighted by atomic mass is 9.96. The van der Waals surface area contributed by atoms with E-state index in [2.05, 4.69) is 119 Å². The maximum atomic E-state index is 8.62. The lowest BCUT2D eigenvalue weighted by molar-refractivity contribution is -0.661. The summed E-state index contributed by atoms with van der Waals surface area (Å²) >= 11 is 0. The number of pyridine rings is 8. The van der Waals surface area contributed by atoms with Gasteiger partial charge in [-0.05, 0) is 222 Å². The molecular formula is C102H120N8O4+4. The van der Waals surface area contributed by atoms with Crippen molar-refractivity contribution in [2.45, 2.75) is 202 Å². The Morgan fingerprint density at radius 1 is 0.325 bits per heavy atom. The third-order valence-electron chi connectivity index (χ3n) is 21.4. The maximum Gasteiger partial charge on any atom is 0.227 e. The van der Waals surface area contributed by atoms with Crippen LogP contribution in [0.5, 0.6) is 0 Å². The van der Waals surface area contributed by atoms with E-state index in [1.807, 2.05) is 159 Å². The monoisotopic (exact) mass is 1540 g/mol. The van der Waals surface area contributed by atoms with Crippen molar-refractivity contribution >= 4 is 88.3 Å². The molecule has 0 fully saturated rings. The molecule has 0 spiro atoms. The van der Waals surface area contributed by atoms with Gasteiger partial charge in [0.25, 0.3) is 0 Å². The number of hydrogen-bond acceptors (Lipinski definition) is 8. The van der Waals surface area contributed by atoms with E-state index >= 15 is 0 Å². The van der Waals surface area contributed by atoms with E-state index in [9.17, 15) is 0 Å². The Labute approximate surface area is 697 Å². The number of benzene rings is 4. The minimum atomic E-state index is -2.79. The molecule has 2 atom stereocenters. The molecule has 12 nitrogen and oxygen atoms in total. The molecule has 114 heavy (non-hydrogen) atoms. The van der Waals surface area contributed by atoms with Crippen molar-refractivity contribution in [3.63, 3.8) is 0 Å². The van der Waals surface area contributed by atoms with Gasteiger partial charge in [-0.3, -0.25) is 0 Å². The molecule has 4 aromatic carbocycles. The van der Waals surface area contributed by atoms with Crippen LogP contribution in [0.3, 0.4) is 0 Å². The Morgan fingerprint density at radius 2 is 0.570 bits per heavy atom. The molecule has 0 N–H and O–H groups in total. The summed E-state index contributed by atoms with van der Waals surface area (Å²) in [4.78, 5) is 18.8. The highest BCUT2D eigenvalue weighted by Gasteiger charge is 2.29. The van der Waals surface area contributed by atoms with Gasteiger partial charge in [0.05, 0.1) is 22.3 Å². The highest BCUT2D eigenvalue weighted by Crippen LogP contribution is 2.43. The van der Waals surface area contributed by atoms with Gasteiger partial charge in [-0.15, -0.1) is 0 Å². The van der Waals surface area contributed by atoms with Crippen LogP contribution in [0.15, 0.2) is 164 Å². The Bertz CT molecular complexity index is 7130. The lowest BCUT2D eigenvalue weighted by Gasteiger charge is -2.11. The van der Waals surface area contributed by atoms with Crippen LogP contribution < -0.4 is 18.3 Å². The molecule has 0 aliphatic rings. The third-order valence-corrected chi connectivity index (χ3v) is 21.4. The van der Waals surface area contributed by atoms with E-state index in [0.29, 0.717) is 51.1 Å². The SMILES string of the molecule is [2H]C([2H])([2H])C([2H])(C)C([2H])([2H])c1c[n+](C)c(-c2c(C)ccc3c2oc2nc(C(C)C)ccc23)cc1C.[2H]C([2H])([2H])C([2H])(C)C([2H])([2H])c1c[n+](C)c(-c2c(C)ccc3c2oc2nc(CC)ccc23)cc1C.[2H]C([2H])(c1c[n+](C)c(-c2c(C)ccc3c2oc2nc(C(C)C)ccc23)cc1C)C(C)C.[2H]C([2H])(c1c[n+](C)c(-c2c(C)ccc3c2oc2nc(CC)ccc23)cc1C)C(C)C. The molecule has 2 unspecified atom stereocenters. The van der Waals surface area contributed by atoms with Crippen LogP contribution in [-0.4, -0.2) is 19.9 Å². The summed E-state index contributed by atoms with van der Waals surface area (Å²) in [5.74, 6) is -4.26. The number of furan rings is 4. The van der Waals surface area contributed by atoms with Crippen molar-refractivity contribution in [2.24, 2.45) is 51.8 Å². The number of rotatable bonds is 16. The Hall–Kier alpha value is -10.7. The lowest BCUT2D eigenvalue weighted by Crippen LogP contribution is -2.32. The predicted molar refractivity (Wildman–Crippen MR) is 472 cm³/mol. The average molecular weight is 1540 g/mol. The van der Waals surface area contributed by atoms with Gasteiger partial charge in [0.2, 0.25) is 45.6 Å². The second-order valence-electron chi connectivity index (χ2n) is 32.0. The number of aromatic nitrogens is 8. The van der Waals surface area contributed by atoms with Crippen molar-refractivity contribution in [2.75, 3.05) is 0 Å². The number of nitrogens with zero attached hydrogens (tertiary/aromatic N) is 8. The van der Waals surface area contributed by atoms with Crippen LogP contribution in [0, 0.1) is 79.0 Å². The molecule has 12 heterocycles. The second-order valence-corrected chi connectivity index (χ2v) is 32.0. The Kier molecular flexibility index (Phi) is 18.4. The van der Waals surface area contributed by atoms with Crippen LogP contribution in [0.2, 0.25) is 0 Å². The first-order valence-corrected chi connectivity index (χ1v) is 39.8. The van der Waals surface area contributed by atoms with Gasteiger partial charge in [0.15, 0.2) is 47.1 Å². The van der Waals surface area contributed by atoms with Crippen molar-refractivity contribution in [1.29, 1.82) is 0 Å². The van der Waals surface area contributed by atoms with E-state index in [1.54, 1.807) is 49.5 Å². The second kappa shape index (κ2) is 33.4. The Morgan fingerprint density at radius 3 is 0.816 bits per heavy atom. The maximum absolute atomic E-state index is 8.62.